The molecule has 2 rings (SSSR count). The van der Waals surface area contributed by atoms with E-state index in [4.69, 9.17) is 11.0 Å². The Bertz CT molecular complexity index is 584. The molecule has 1 atom stereocenters. The topological polar surface area (TPSA) is 53.0 Å². The number of rotatable bonds is 4. The van der Waals surface area contributed by atoms with Gasteiger partial charge in [0.05, 0.1) is 23.0 Å². The monoisotopic (exact) mass is 271 g/mol. The second-order valence-corrected chi connectivity index (χ2v) is 5.66. The minimum atomic E-state index is 0.329. The van der Waals surface area contributed by atoms with Crippen LogP contribution < -0.4 is 10.6 Å². The van der Waals surface area contributed by atoms with E-state index in [0.717, 1.165) is 12.1 Å². The Hall–Kier alpha value is -1.99. The molecule has 4 heteroatoms. The molecule has 1 aromatic carbocycles. The van der Waals surface area contributed by atoms with Gasteiger partial charge in [-0.25, -0.2) is 0 Å². The number of anilines is 2. The van der Waals surface area contributed by atoms with Gasteiger partial charge in [-0.2, -0.15) is 5.26 Å². The minimum Gasteiger partial charge on any atom is -0.397 e. The predicted molar refractivity (Wildman–Crippen MR) is 81.5 cm³/mol. The third-order valence-corrected chi connectivity index (χ3v) is 4.18. The molecule has 0 amide bonds. The van der Waals surface area contributed by atoms with Crippen LogP contribution in [0.4, 0.5) is 11.4 Å². The highest BCUT2D eigenvalue weighted by Crippen LogP contribution is 2.26. The molecule has 19 heavy (non-hydrogen) atoms. The molecule has 0 aliphatic heterocycles. The van der Waals surface area contributed by atoms with E-state index in [2.05, 4.69) is 35.4 Å². The summed E-state index contributed by atoms with van der Waals surface area (Å²) in [6.07, 6.45) is 0.977. The molecule has 2 aromatic rings. The van der Waals surface area contributed by atoms with Crippen LogP contribution in [0.2, 0.25) is 0 Å². The fourth-order valence-corrected chi connectivity index (χ4v) is 2.84. The number of benzene rings is 1. The van der Waals surface area contributed by atoms with Gasteiger partial charge in [0.2, 0.25) is 0 Å². The van der Waals surface area contributed by atoms with E-state index >= 15 is 0 Å². The third-order valence-electron chi connectivity index (χ3n) is 3.28. The number of nitrogens with two attached hydrogens (primary N) is 1. The van der Waals surface area contributed by atoms with Crippen LogP contribution in [0.3, 0.4) is 0 Å². The van der Waals surface area contributed by atoms with Crippen molar-refractivity contribution in [3.05, 3.63) is 46.2 Å². The smallest absolute Gasteiger partial charge is 0.0992 e. The molecule has 0 aliphatic rings. The Morgan fingerprint density at radius 1 is 1.42 bits per heavy atom. The van der Waals surface area contributed by atoms with Gasteiger partial charge in [0, 0.05) is 24.4 Å². The van der Waals surface area contributed by atoms with Crippen molar-refractivity contribution in [2.75, 3.05) is 17.7 Å². The van der Waals surface area contributed by atoms with Crippen molar-refractivity contribution in [1.82, 2.24) is 0 Å². The molecule has 2 N–H and O–H groups in total. The van der Waals surface area contributed by atoms with E-state index in [1.54, 1.807) is 23.5 Å². The molecule has 1 heterocycles. The maximum Gasteiger partial charge on any atom is 0.0992 e. The zero-order valence-corrected chi connectivity index (χ0v) is 11.9. The summed E-state index contributed by atoms with van der Waals surface area (Å²) >= 11 is 1.77. The van der Waals surface area contributed by atoms with Crippen LogP contribution in [0, 0.1) is 11.3 Å². The molecule has 98 valence electrons. The molecule has 0 bridgehead atoms. The first-order chi connectivity index (χ1) is 9.11. The van der Waals surface area contributed by atoms with Crippen molar-refractivity contribution < 1.29 is 0 Å². The summed E-state index contributed by atoms with van der Waals surface area (Å²) in [6.45, 7) is 2.16. The minimum absolute atomic E-state index is 0.329. The molecular formula is C15H17N3S. The van der Waals surface area contributed by atoms with E-state index < -0.39 is 0 Å². The van der Waals surface area contributed by atoms with E-state index in [-0.39, 0.29) is 0 Å². The van der Waals surface area contributed by atoms with Crippen molar-refractivity contribution in [1.29, 1.82) is 5.26 Å². The molecule has 0 radical (unpaired) electrons. The van der Waals surface area contributed by atoms with Crippen LogP contribution in [0.25, 0.3) is 0 Å². The number of hydrogen-bond acceptors (Lipinski definition) is 4. The summed E-state index contributed by atoms with van der Waals surface area (Å²) in [7, 11) is 2.02. The number of nitriles is 1. The lowest BCUT2D eigenvalue weighted by Crippen LogP contribution is -2.31. The predicted octanol–water partition coefficient (Wildman–Crippen LogP) is 3.27. The van der Waals surface area contributed by atoms with Crippen LogP contribution in [-0.4, -0.2) is 13.1 Å². The highest BCUT2D eigenvalue weighted by Gasteiger charge is 2.14. The average molecular weight is 271 g/mol. The SMILES string of the molecule is CC(Cc1cccs1)N(C)c1cc(C#N)ccc1N. The molecule has 0 aliphatic carbocycles. The normalized spacial score (nSPS) is 11.8. The van der Waals surface area contributed by atoms with Crippen molar-refractivity contribution >= 4 is 22.7 Å². The van der Waals surface area contributed by atoms with Crippen molar-refractivity contribution in [3.8, 4) is 6.07 Å². The van der Waals surface area contributed by atoms with Gasteiger partial charge in [0.25, 0.3) is 0 Å². The maximum absolute atomic E-state index is 8.97. The van der Waals surface area contributed by atoms with Gasteiger partial charge in [-0.3, -0.25) is 0 Å². The fourth-order valence-electron chi connectivity index (χ4n) is 2.01. The molecule has 0 spiro atoms. The van der Waals surface area contributed by atoms with Crippen LogP contribution in [0.5, 0.6) is 0 Å². The number of nitrogen functional groups attached to an aromatic ring is 1. The van der Waals surface area contributed by atoms with Crippen LogP contribution >= 0.6 is 11.3 Å². The summed E-state index contributed by atoms with van der Waals surface area (Å²) in [5.41, 5.74) is 8.27. The Kier molecular flexibility index (Phi) is 4.08. The Labute approximate surface area is 117 Å². The van der Waals surface area contributed by atoms with Crippen LogP contribution in [0.15, 0.2) is 35.7 Å². The first-order valence-electron chi connectivity index (χ1n) is 6.16. The molecular weight excluding hydrogens is 254 g/mol. The summed E-state index contributed by atoms with van der Waals surface area (Å²) in [4.78, 5) is 3.49. The summed E-state index contributed by atoms with van der Waals surface area (Å²) in [5, 5.41) is 11.1. The maximum atomic E-state index is 8.97. The molecule has 0 saturated heterocycles. The molecule has 0 fully saturated rings. The molecule has 0 saturated carbocycles. The van der Waals surface area contributed by atoms with Gasteiger partial charge < -0.3 is 10.6 Å². The largest absolute Gasteiger partial charge is 0.397 e. The van der Waals surface area contributed by atoms with Crippen molar-refractivity contribution in [3.63, 3.8) is 0 Å². The van der Waals surface area contributed by atoms with Crippen LogP contribution in [-0.2, 0) is 6.42 Å². The van der Waals surface area contributed by atoms with E-state index in [0.29, 0.717) is 17.3 Å². The second kappa shape index (κ2) is 5.77. The number of nitrogens with zero attached hydrogens (tertiary/aromatic N) is 2. The lowest BCUT2D eigenvalue weighted by Gasteiger charge is -2.28. The standard InChI is InChI=1S/C15H17N3S/c1-11(8-13-4-3-7-19-13)18(2)15-9-12(10-16)5-6-14(15)17/h3-7,9,11H,8,17H2,1-2H3. The van der Waals surface area contributed by atoms with Gasteiger partial charge in [0.1, 0.15) is 0 Å². The summed E-state index contributed by atoms with van der Waals surface area (Å²) in [5.74, 6) is 0. The van der Waals surface area contributed by atoms with Gasteiger partial charge in [-0.05, 0) is 36.6 Å². The second-order valence-electron chi connectivity index (χ2n) is 4.63. The molecule has 3 nitrogen and oxygen atoms in total. The van der Waals surface area contributed by atoms with E-state index in [1.807, 2.05) is 13.1 Å². The Balaban J connectivity index is 2.19. The van der Waals surface area contributed by atoms with Gasteiger partial charge in [0.15, 0.2) is 0 Å². The fraction of sp³-hybridized carbons (Fsp3) is 0.267. The quantitative estimate of drug-likeness (QED) is 0.868. The summed E-state index contributed by atoms with van der Waals surface area (Å²) in [6, 6.07) is 12.1. The molecule has 1 aromatic heterocycles. The molecule has 1 unspecified atom stereocenters. The lowest BCUT2D eigenvalue weighted by atomic mass is 10.1. The third kappa shape index (κ3) is 3.07. The number of likely N-dealkylation sites (N-methyl/N-ethyl adjacent to an activating group) is 1. The average Bonchev–Trinajstić information content (AvgIpc) is 2.91. The highest BCUT2D eigenvalue weighted by molar-refractivity contribution is 7.09. The highest BCUT2D eigenvalue weighted by atomic mass is 32.1. The first-order valence-corrected chi connectivity index (χ1v) is 7.04. The number of thiophene rings is 1. The van der Waals surface area contributed by atoms with Gasteiger partial charge >= 0.3 is 0 Å². The van der Waals surface area contributed by atoms with Gasteiger partial charge in [-0.1, -0.05) is 6.07 Å². The van der Waals surface area contributed by atoms with Crippen molar-refractivity contribution in [2.24, 2.45) is 0 Å². The van der Waals surface area contributed by atoms with E-state index in [1.165, 1.54) is 4.88 Å². The van der Waals surface area contributed by atoms with Crippen molar-refractivity contribution in [2.45, 2.75) is 19.4 Å². The lowest BCUT2D eigenvalue weighted by molar-refractivity contribution is 0.689. The summed E-state index contributed by atoms with van der Waals surface area (Å²) < 4.78 is 0. The number of hydrogen-bond donors (Lipinski definition) is 1. The first kappa shape index (κ1) is 13.4. The van der Waals surface area contributed by atoms with E-state index in [9.17, 15) is 0 Å². The zero-order chi connectivity index (χ0) is 13.8. The zero-order valence-electron chi connectivity index (χ0n) is 11.1. The Morgan fingerprint density at radius 2 is 2.21 bits per heavy atom. The Morgan fingerprint density at radius 3 is 2.84 bits per heavy atom. The van der Waals surface area contributed by atoms with Crippen LogP contribution in [0.1, 0.15) is 17.4 Å². The van der Waals surface area contributed by atoms with Gasteiger partial charge in [-0.15, -0.1) is 11.3 Å².